The van der Waals surface area contributed by atoms with E-state index < -0.39 is 0 Å². The normalized spacial score (nSPS) is 30.3. The lowest BCUT2D eigenvalue weighted by Gasteiger charge is -2.29. The van der Waals surface area contributed by atoms with Gasteiger partial charge in [-0.3, -0.25) is 4.79 Å². The molecule has 21 heavy (non-hydrogen) atoms. The summed E-state index contributed by atoms with van der Waals surface area (Å²) in [5, 5.41) is 4.03. The largest absolute Gasteiger partial charge is 0.352 e. The van der Waals surface area contributed by atoms with Crippen LogP contribution in [-0.2, 0) is 11.8 Å². The third-order valence-corrected chi connectivity index (χ3v) is 6.41. The zero-order valence-corrected chi connectivity index (χ0v) is 13.9. The number of thioether (sulfide) groups is 1. The first-order valence-corrected chi connectivity index (χ1v) is 8.87. The van der Waals surface area contributed by atoms with Gasteiger partial charge in [-0.05, 0) is 50.9 Å². The fourth-order valence-corrected chi connectivity index (χ4v) is 4.87. The van der Waals surface area contributed by atoms with Crippen molar-refractivity contribution < 1.29 is 4.79 Å². The Morgan fingerprint density at radius 3 is 2.81 bits per heavy atom. The van der Waals surface area contributed by atoms with Crippen molar-refractivity contribution in [1.82, 2.24) is 14.9 Å². The first-order valence-electron chi connectivity index (χ1n) is 7.99. The molecular weight excluding hydrogens is 282 g/mol. The van der Waals surface area contributed by atoms with E-state index in [-0.39, 0.29) is 11.2 Å². The molecule has 5 heteroatoms. The number of carbonyl (C=O) groups excluding carboxylic acids is 1. The fraction of sp³-hybridized carbons (Fsp3) is 0.750. The summed E-state index contributed by atoms with van der Waals surface area (Å²) >= 11 is 1.52. The predicted octanol–water partition coefficient (Wildman–Crippen LogP) is 2.84. The molecule has 2 bridgehead atoms. The Balaban J connectivity index is 1.52. The summed E-state index contributed by atoms with van der Waals surface area (Å²) in [6.45, 7) is 4.14. The molecule has 2 fully saturated rings. The Kier molecular flexibility index (Phi) is 4.29. The number of carbonyl (C=O) groups is 1. The monoisotopic (exact) mass is 307 g/mol. The lowest BCUT2D eigenvalue weighted by molar-refractivity contribution is -0.121. The number of rotatable bonds is 5. The molecule has 3 rings (SSSR count). The summed E-state index contributed by atoms with van der Waals surface area (Å²) < 4.78 is 1.95. The van der Waals surface area contributed by atoms with Gasteiger partial charge in [0.1, 0.15) is 0 Å². The number of imidazole rings is 1. The van der Waals surface area contributed by atoms with Crippen LogP contribution in [0.15, 0.2) is 17.6 Å². The van der Waals surface area contributed by atoms with Crippen molar-refractivity contribution in [3.63, 3.8) is 0 Å². The van der Waals surface area contributed by atoms with Gasteiger partial charge in [-0.25, -0.2) is 4.98 Å². The molecule has 1 aromatic rings. The quantitative estimate of drug-likeness (QED) is 0.851. The third-order valence-electron chi connectivity index (χ3n) is 5.23. The van der Waals surface area contributed by atoms with E-state index in [9.17, 15) is 4.79 Å². The summed E-state index contributed by atoms with van der Waals surface area (Å²) in [5.41, 5.74) is 0. The molecule has 1 amide bonds. The van der Waals surface area contributed by atoms with E-state index in [0.29, 0.717) is 12.0 Å². The van der Waals surface area contributed by atoms with Crippen molar-refractivity contribution >= 4 is 17.7 Å². The Bertz CT molecular complexity index is 515. The van der Waals surface area contributed by atoms with Crippen LogP contribution in [-0.4, -0.2) is 26.8 Å². The Morgan fingerprint density at radius 2 is 2.24 bits per heavy atom. The van der Waals surface area contributed by atoms with Crippen LogP contribution in [0.5, 0.6) is 0 Å². The molecule has 1 heterocycles. The molecule has 0 radical (unpaired) electrons. The average molecular weight is 307 g/mol. The van der Waals surface area contributed by atoms with Crippen LogP contribution in [0, 0.1) is 17.8 Å². The Hall–Kier alpha value is -0.970. The smallest absolute Gasteiger partial charge is 0.233 e. The predicted molar refractivity (Wildman–Crippen MR) is 85.1 cm³/mol. The van der Waals surface area contributed by atoms with Gasteiger partial charge >= 0.3 is 0 Å². The minimum Gasteiger partial charge on any atom is -0.352 e. The van der Waals surface area contributed by atoms with Crippen molar-refractivity contribution in [3.05, 3.63) is 12.4 Å². The van der Waals surface area contributed by atoms with E-state index in [1.54, 1.807) is 6.20 Å². The molecule has 1 aromatic heterocycles. The molecule has 4 nitrogen and oxygen atoms in total. The number of aryl methyl sites for hydroxylation is 1. The van der Waals surface area contributed by atoms with Gasteiger partial charge in [0.2, 0.25) is 5.91 Å². The molecule has 0 unspecified atom stereocenters. The zero-order valence-electron chi connectivity index (χ0n) is 13.1. The summed E-state index contributed by atoms with van der Waals surface area (Å²) in [5.74, 6) is 2.61. The highest BCUT2D eigenvalue weighted by atomic mass is 32.2. The number of hydrogen-bond acceptors (Lipinski definition) is 3. The maximum absolute atomic E-state index is 12.4. The Morgan fingerprint density at radius 1 is 1.43 bits per heavy atom. The van der Waals surface area contributed by atoms with Gasteiger partial charge in [0, 0.05) is 25.5 Å². The van der Waals surface area contributed by atoms with Gasteiger partial charge in [0.25, 0.3) is 0 Å². The lowest BCUT2D eigenvalue weighted by atomic mass is 9.84. The number of nitrogens with one attached hydrogen (secondary N) is 1. The molecule has 1 N–H and O–H groups in total. The third kappa shape index (κ3) is 3.12. The molecule has 0 aliphatic heterocycles. The van der Waals surface area contributed by atoms with Gasteiger partial charge in [0.05, 0.1) is 5.25 Å². The van der Waals surface area contributed by atoms with Gasteiger partial charge in [-0.2, -0.15) is 0 Å². The number of hydrogen-bond donors (Lipinski definition) is 1. The van der Waals surface area contributed by atoms with Gasteiger partial charge in [-0.15, -0.1) is 0 Å². The van der Waals surface area contributed by atoms with Crippen LogP contribution in [0.25, 0.3) is 0 Å². The van der Waals surface area contributed by atoms with Crippen LogP contribution in [0.1, 0.15) is 39.5 Å². The maximum Gasteiger partial charge on any atom is 0.233 e. The van der Waals surface area contributed by atoms with Crippen molar-refractivity contribution in [2.24, 2.45) is 24.8 Å². The molecule has 2 aliphatic rings. The summed E-state index contributed by atoms with van der Waals surface area (Å²) in [6, 6.07) is 0.303. The van der Waals surface area contributed by atoms with Crippen LogP contribution in [0.2, 0.25) is 0 Å². The fourth-order valence-electron chi connectivity index (χ4n) is 4.03. The number of amides is 1. The average Bonchev–Trinajstić information content (AvgIpc) is 3.16. The highest BCUT2D eigenvalue weighted by Gasteiger charge is 2.42. The summed E-state index contributed by atoms with van der Waals surface area (Å²) in [6.07, 6.45) is 9.16. The molecule has 5 atom stereocenters. The second-order valence-electron chi connectivity index (χ2n) is 6.72. The highest BCUT2D eigenvalue weighted by molar-refractivity contribution is 8.00. The van der Waals surface area contributed by atoms with Crippen molar-refractivity contribution in [3.8, 4) is 0 Å². The van der Waals surface area contributed by atoms with E-state index in [0.717, 1.165) is 17.0 Å². The Labute approximate surface area is 131 Å². The SMILES string of the molecule is C[C@H](Sc1nccn1C)C(=O)N[C@@H](C)[C@@H]1C[C@H]2CC[C@H]1C2. The van der Waals surface area contributed by atoms with Crippen molar-refractivity contribution in [1.29, 1.82) is 0 Å². The number of nitrogens with zero attached hydrogens (tertiary/aromatic N) is 2. The highest BCUT2D eigenvalue weighted by Crippen LogP contribution is 2.49. The van der Waals surface area contributed by atoms with E-state index in [4.69, 9.17) is 0 Å². The molecule has 0 saturated heterocycles. The van der Waals surface area contributed by atoms with Crippen LogP contribution >= 0.6 is 11.8 Å². The van der Waals surface area contributed by atoms with Crippen molar-refractivity contribution in [2.45, 2.75) is 56.0 Å². The molecule has 116 valence electrons. The molecular formula is C16H25N3OS. The van der Waals surface area contributed by atoms with Crippen LogP contribution in [0.3, 0.4) is 0 Å². The molecule has 0 aromatic carbocycles. The standard InChI is InChI=1S/C16H25N3OS/c1-10(14-9-12-4-5-13(14)8-12)18-15(20)11(2)21-16-17-6-7-19(16)3/h6-7,10-14H,4-5,8-9H2,1-3H3,(H,18,20)/t10-,11-,12-,13-,14-/m0/s1. The topological polar surface area (TPSA) is 46.9 Å². The van der Waals surface area contributed by atoms with Crippen LogP contribution in [0.4, 0.5) is 0 Å². The minimum absolute atomic E-state index is 0.104. The second-order valence-corrected chi connectivity index (χ2v) is 8.02. The summed E-state index contributed by atoms with van der Waals surface area (Å²) in [4.78, 5) is 16.7. The van der Waals surface area contributed by atoms with E-state index >= 15 is 0 Å². The summed E-state index contributed by atoms with van der Waals surface area (Å²) in [7, 11) is 1.96. The van der Waals surface area contributed by atoms with Crippen molar-refractivity contribution in [2.75, 3.05) is 0 Å². The molecule has 2 aliphatic carbocycles. The van der Waals surface area contributed by atoms with E-state index in [1.165, 1.54) is 37.4 Å². The maximum atomic E-state index is 12.4. The van der Waals surface area contributed by atoms with Gasteiger partial charge in [-0.1, -0.05) is 18.2 Å². The second kappa shape index (κ2) is 6.03. The lowest BCUT2D eigenvalue weighted by Crippen LogP contribution is -2.43. The zero-order chi connectivity index (χ0) is 15.0. The minimum atomic E-state index is -0.104. The van der Waals surface area contributed by atoms with Gasteiger partial charge < -0.3 is 9.88 Å². The van der Waals surface area contributed by atoms with E-state index in [2.05, 4.69) is 17.2 Å². The first-order chi connectivity index (χ1) is 10.0. The van der Waals surface area contributed by atoms with Gasteiger partial charge in [0.15, 0.2) is 5.16 Å². The van der Waals surface area contributed by atoms with Crippen LogP contribution < -0.4 is 5.32 Å². The number of fused-ring (bicyclic) bond motifs is 2. The molecule has 2 saturated carbocycles. The number of aromatic nitrogens is 2. The first kappa shape index (κ1) is 14.9. The molecule has 0 spiro atoms. The van der Waals surface area contributed by atoms with E-state index in [1.807, 2.05) is 24.7 Å².